The van der Waals surface area contributed by atoms with Crippen molar-refractivity contribution in [3.05, 3.63) is 60.4 Å². The Morgan fingerprint density at radius 1 is 1.16 bits per heavy atom. The van der Waals surface area contributed by atoms with Crippen molar-refractivity contribution >= 4 is 44.1 Å². The first-order chi connectivity index (χ1) is 14.8. The van der Waals surface area contributed by atoms with Crippen LogP contribution in [0.25, 0.3) is 10.9 Å². The molecule has 0 amide bonds. The monoisotopic (exact) mass is 437 g/mol. The van der Waals surface area contributed by atoms with Gasteiger partial charge in [0.25, 0.3) is 0 Å². The molecule has 2 heterocycles. The van der Waals surface area contributed by atoms with Crippen LogP contribution in [0, 0.1) is 6.92 Å². The Morgan fingerprint density at radius 3 is 2.71 bits per heavy atom. The third kappa shape index (κ3) is 4.21. The largest absolute Gasteiger partial charge is 0.329 e. The van der Waals surface area contributed by atoms with E-state index in [9.17, 15) is 8.42 Å². The molecule has 3 N–H and O–H groups in total. The Labute approximate surface area is 180 Å². The van der Waals surface area contributed by atoms with Crippen molar-refractivity contribution in [2.75, 3.05) is 17.3 Å². The summed E-state index contributed by atoms with van der Waals surface area (Å²) in [5, 5.41) is 14.0. The van der Waals surface area contributed by atoms with Gasteiger partial charge in [0.2, 0.25) is 16.0 Å². The highest BCUT2D eigenvalue weighted by atomic mass is 32.2. The van der Waals surface area contributed by atoms with Gasteiger partial charge in [0.1, 0.15) is 5.82 Å². The summed E-state index contributed by atoms with van der Waals surface area (Å²) in [5.41, 5.74) is 3.53. The van der Waals surface area contributed by atoms with Crippen molar-refractivity contribution in [2.24, 2.45) is 5.14 Å². The van der Waals surface area contributed by atoms with Crippen LogP contribution >= 0.6 is 0 Å². The van der Waals surface area contributed by atoms with Gasteiger partial charge in [-0.05, 0) is 56.3 Å². The Kier molecular flexibility index (Phi) is 5.34. The first-order valence-corrected chi connectivity index (χ1v) is 11.2. The highest BCUT2D eigenvalue weighted by Crippen LogP contribution is 2.28. The van der Waals surface area contributed by atoms with E-state index in [1.165, 1.54) is 12.1 Å². The maximum atomic E-state index is 11.6. The molecule has 0 spiro atoms. The number of aryl methyl sites for hydroxylation is 2. The fourth-order valence-corrected chi connectivity index (χ4v) is 3.94. The second-order valence-corrected chi connectivity index (χ2v) is 8.66. The third-order valence-electron chi connectivity index (χ3n) is 5.08. The lowest BCUT2D eigenvalue weighted by Crippen LogP contribution is -2.13. The fraction of sp³-hybridized carbons (Fsp3) is 0.190. The first-order valence-electron chi connectivity index (χ1n) is 9.70. The van der Waals surface area contributed by atoms with E-state index in [0.717, 1.165) is 28.8 Å². The highest BCUT2D eigenvalue weighted by Gasteiger charge is 2.12. The van der Waals surface area contributed by atoms with Gasteiger partial charge in [0.15, 0.2) is 0 Å². The van der Waals surface area contributed by atoms with E-state index < -0.39 is 10.0 Å². The number of hydrogen-bond donors (Lipinski definition) is 2. The Balaban J connectivity index is 1.61. The zero-order valence-electron chi connectivity index (χ0n) is 17.4. The number of primary sulfonamides is 1. The lowest BCUT2D eigenvalue weighted by molar-refractivity contribution is 0.598. The van der Waals surface area contributed by atoms with Crippen LogP contribution in [0.15, 0.2) is 59.6 Å². The average molecular weight is 438 g/mol. The number of rotatable bonds is 6. The second-order valence-electron chi connectivity index (χ2n) is 7.10. The van der Waals surface area contributed by atoms with E-state index in [-0.39, 0.29) is 4.90 Å². The van der Waals surface area contributed by atoms with Crippen LogP contribution < -0.4 is 15.4 Å². The predicted molar refractivity (Wildman–Crippen MR) is 121 cm³/mol. The molecule has 0 aliphatic heterocycles. The van der Waals surface area contributed by atoms with Crippen molar-refractivity contribution in [1.82, 2.24) is 19.7 Å². The average Bonchev–Trinajstić information content (AvgIpc) is 3.08. The Bertz CT molecular complexity index is 1370. The fourth-order valence-electron chi connectivity index (χ4n) is 3.38. The molecule has 10 heteroatoms. The minimum absolute atomic E-state index is 0.0147. The van der Waals surface area contributed by atoms with E-state index in [0.29, 0.717) is 17.5 Å². The number of benzene rings is 2. The van der Waals surface area contributed by atoms with E-state index >= 15 is 0 Å². The molecule has 4 rings (SSSR count). The van der Waals surface area contributed by atoms with Crippen LogP contribution in [0.5, 0.6) is 0 Å². The van der Waals surface area contributed by atoms with Gasteiger partial charge < -0.3 is 10.2 Å². The number of nitrogens with zero attached hydrogens (tertiary/aromatic N) is 5. The zero-order valence-corrected chi connectivity index (χ0v) is 18.3. The Morgan fingerprint density at radius 2 is 1.97 bits per heavy atom. The van der Waals surface area contributed by atoms with Crippen molar-refractivity contribution in [1.29, 1.82) is 0 Å². The quantitative estimate of drug-likeness (QED) is 0.475. The summed E-state index contributed by atoms with van der Waals surface area (Å²) in [5.74, 6) is 1.01. The van der Waals surface area contributed by atoms with Gasteiger partial charge in [-0.15, -0.1) is 0 Å². The summed E-state index contributed by atoms with van der Waals surface area (Å²) in [7, 11) is -1.88. The smallest absolute Gasteiger partial charge is 0.238 e. The molecule has 0 aliphatic carbocycles. The summed E-state index contributed by atoms with van der Waals surface area (Å²) in [6.07, 6.45) is 1.64. The van der Waals surface area contributed by atoms with E-state index in [4.69, 9.17) is 5.14 Å². The second kappa shape index (κ2) is 7.97. The Hall–Kier alpha value is -3.50. The number of hydrogen-bond acceptors (Lipinski definition) is 7. The van der Waals surface area contributed by atoms with E-state index in [1.54, 1.807) is 24.4 Å². The zero-order chi connectivity index (χ0) is 22.2. The van der Waals surface area contributed by atoms with Gasteiger partial charge in [-0.3, -0.25) is 4.68 Å². The molecule has 0 saturated heterocycles. The highest BCUT2D eigenvalue weighted by molar-refractivity contribution is 7.89. The standard InChI is InChI=1S/C21H23N7O2S/c1-4-28-14(2)18-9-8-16(13-19(18)26-28)27(3)20-10-11-23-21(25-20)24-15-6-5-7-17(12-15)31(22,29)30/h5-13H,4H2,1-3H3,(H2,22,29,30)(H,23,24,25). The summed E-state index contributed by atoms with van der Waals surface area (Å²) < 4.78 is 25.1. The number of aromatic nitrogens is 4. The molecule has 0 aliphatic rings. The lowest BCUT2D eigenvalue weighted by atomic mass is 10.2. The molecule has 0 atom stereocenters. The predicted octanol–water partition coefficient (Wildman–Crippen LogP) is 3.31. The van der Waals surface area contributed by atoms with Gasteiger partial charge >= 0.3 is 0 Å². The topological polar surface area (TPSA) is 119 Å². The number of sulfonamides is 1. The molecule has 160 valence electrons. The normalized spacial score (nSPS) is 11.6. The molecular formula is C21H23N7O2S. The maximum absolute atomic E-state index is 11.6. The van der Waals surface area contributed by atoms with Crippen LogP contribution in [0.3, 0.4) is 0 Å². The van der Waals surface area contributed by atoms with E-state index in [1.807, 2.05) is 28.8 Å². The van der Waals surface area contributed by atoms with Gasteiger partial charge in [0, 0.05) is 42.2 Å². The van der Waals surface area contributed by atoms with E-state index in [2.05, 4.69) is 40.3 Å². The molecule has 2 aromatic heterocycles. The summed E-state index contributed by atoms with van der Waals surface area (Å²) in [4.78, 5) is 10.7. The number of fused-ring (bicyclic) bond motifs is 1. The summed E-state index contributed by atoms with van der Waals surface area (Å²) >= 11 is 0. The van der Waals surface area contributed by atoms with Gasteiger partial charge in [-0.2, -0.15) is 10.1 Å². The van der Waals surface area contributed by atoms with Gasteiger partial charge in [-0.25, -0.2) is 18.5 Å². The molecule has 31 heavy (non-hydrogen) atoms. The molecule has 4 aromatic rings. The van der Waals surface area contributed by atoms with Crippen LogP contribution in [-0.4, -0.2) is 35.2 Å². The minimum atomic E-state index is -3.79. The van der Waals surface area contributed by atoms with Crippen LogP contribution in [-0.2, 0) is 16.6 Å². The lowest BCUT2D eigenvalue weighted by Gasteiger charge is -2.19. The SMILES string of the molecule is CCn1nc2cc(N(C)c3ccnc(Nc4cccc(S(N)(=O)=O)c4)n3)ccc2c1C. The number of anilines is 4. The number of nitrogens with two attached hydrogens (primary N) is 1. The van der Waals surface area contributed by atoms with Crippen molar-refractivity contribution < 1.29 is 8.42 Å². The molecule has 0 unspecified atom stereocenters. The van der Waals surface area contributed by atoms with Crippen LogP contribution in [0.2, 0.25) is 0 Å². The molecule has 0 radical (unpaired) electrons. The van der Waals surface area contributed by atoms with Crippen molar-refractivity contribution in [3.8, 4) is 0 Å². The maximum Gasteiger partial charge on any atom is 0.238 e. The number of nitrogens with one attached hydrogen (secondary N) is 1. The van der Waals surface area contributed by atoms with Crippen molar-refractivity contribution in [3.63, 3.8) is 0 Å². The first kappa shape index (κ1) is 20.8. The van der Waals surface area contributed by atoms with Crippen LogP contribution in [0.4, 0.5) is 23.1 Å². The molecule has 0 saturated carbocycles. The van der Waals surface area contributed by atoms with Crippen LogP contribution in [0.1, 0.15) is 12.6 Å². The molecule has 0 fully saturated rings. The minimum Gasteiger partial charge on any atom is -0.329 e. The summed E-state index contributed by atoms with van der Waals surface area (Å²) in [6, 6.07) is 14.1. The van der Waals surface area contributed by atoms with Crippen molar-refractivity contribution in [2.45, 2.75) is 25.3 Å². The summed E-state index contributed by atoms with van der Waals surface area (Å²) in [6.45, 7) is 4.95. The molecule has 0 bridgehead atoms. The van der Waals surface area contributed by atoms with Gasteiger partial charge in [0.05, 0.1) is 10.4 Å². The van der Waals surface area contributed by atoms with Gasteiger partial charge in [-0.1, -0.05) is 6.07 Å². The third-order valence-corrected chi connectivity index (χ3v) is 5.99. The molecule has 2 aromatic carbocycles. The molecular weight excluding hydrogens is 414 g/mol. The molecule has 9 nitrogen and oxygen atoms in total.